The van der Waals surface area contributed by atoms with E-state index in [0.717, 1.165) is 25.2 Å². The molecule has 1 aromatic heterocycles. The van der Waals surface area contributed by atoms with Crippen LogP contribution in [0.5, 0.6) is 5.75 Å². The molecule has 0 radical (unpaired) electrons. The molecule has 0 bridgehead atoms. The predicted molar refractivity (Wildman–Crippen MR) is 148 cm³/mol. The maximum Gasteiger partial charge on any atom is 0.339 e. The van der Waals surface area contributed by atoms with Crippen molar-refractivity contribution in [1.82, 2.24) is 4.90 Å². The normalized spacial score (nSPS) is 12.3. The molecule has 0 aliphatic carbocycles. The summed E-state index contributed by atoms with van der Waals surface area (Å²) in [5, 5.41) is 2.22. The molecule has 10 heteroatoms. The molecule has 0 aliphatic rings. The van der Waals surface area contributed by atoms with Gasteiger partial charge >= 0.3 is 10.1 Å². The van der Waals surface area contributed by atoms with Gasteiger partial charge in [0.15, 0.2) is 0 Å². The molecule has 1 heterocycles. The van der Waals surface area contributed by atoms with Crippen molar-refractivity contribution in [1.29, 1.82) is 0 Å². The molecular weight excluding hydrogens is 539 g/mol. The van der Waals surface area contributed by atoms with E-state index in [0.29, 0.717) is 10.4 Å². The van der Waals surface area contributed by atoms with Crippen LogP contribution < -0.4 is 9.08 Å². The number of thiophene rings is 1. The quantitative estimate of drug-likeness (QED) is 0.230. The minimum Gasteiger partial charge on any atom is -0.379 e. The Morgan fingerprint density at radius 1 is 1.03 bits per heavy atom. The highest BCUT2D eigenvalue weighted by atomic mass is 35.5. The van der Waals surface area contributed by atoms with E-state index in [9.17, 15) is 13.2 Å². The number of nitrogens with zero attached hydrogens (tertiary/aromatic N) is 2. The second kappa shape index (κ2) is 12.3. The van der Waals surface area contributed by atoms with Gasteiger partial charge in [-0.05, 0) is 62.9 Å². The minimum atomic E-state index is -4.22. The third-order valence-electron chi connectivity index (χ3n) is 6.01. The van der Waals surface area contributed by atoms with Gasteiger partial charge in [-0.1, -0.05) is 42.3 Å². The Balaban J connectivity index is 2.05. The first-order chi connectivity index (χ1) is 17.1. The van der Waals surface area contributed by atoms with Gasteiger partial charge in [-0.25, -0.2) is 0 Å². The van der Waals surface area contributed by atoms with Crippen LogP contribution >= 0.6 is 34.5 Å². The van der Waals surface area contributed by atoms with Crippen molar-refractivity contribution in [3.63, 3.8) is 0 Å². The molecular formula is C26H30Cl2N2O4S2. The standard InChI is InChI=1S/C26H30Cl2N2O4S2/c1-5-18(4)30(26(31)25-9-8-14-35-25)17-19-10-11-20(29(6-2)7-3)15-24(19)34-36(32,33)21-12-13-22(27)23(28)16-21/h8-16,18H,5-7,17H2,1-4H3/t18-/m1/s1. The first-order valence-electron chi connectivity index (χ1n) is 11.7. The minimum absolute atomic E-state index is 0.0680. The molecule has 1 amide bonds. The van der Waals surface area contributed by atoms with Crippen LogP contribution in [0.15, 0.2) is 58.8 Å². The lowest BCUT2D eigenvalue weighted by Crippen LogP contribution is -2.37. The van der Waals surface area contributed by atoms with E-state index < -0.39 is 10.1 Å². The molecule has 1 atom stereocenters. The monoisotopic (exact) mass is 568 g/mol. The van der Waals surface area contributed by atoms with Crippen LogP contribution in [-0.2, 0) is 16.7 Å². The van der Waals surface area contributed by atoms with Crippen molar-refractivity contribution >= 4 is 56.3 Å². The van der Waals surface area contributed by atoms with E-state index in [2.05, 4.69) is 4.90 Å². The molecule has 0 spiro atoms. The number of benzene rings is 2. The van der Waals surface area contributed by atoms with Crippen LogP contribution in [0.25, 0.3) is 0 Å². The lowest BCUT2D eigenvalue weighted by Gasteiger charge is -2.29. The first kappa shape index (κ1) is 28.3. The van der Waals surface area contributed by atoms with Gasteiger partial charge in [0.2, 0.25) is 0 Å². The van der Waals surface area contributed by atoms with Gasteiger partial charge in [0, 0.05) is 43.0 Å². The molecule has 0 unspecified atom stereocenters. The summed E-state index contributed by atoms with van der Waals surface area (Å²) in [5.41, 5.74) is 1.41. The molecule has 3 rings (SSSR count). The molecule has 6 nitrogen and oxygen atoms in total. The first-order valence-corrected chi connectivity index (χ1v) is 14.8. The Labute approximate surface area is 227 Å². The molecule has 194 valence electrons. The van der Waals surface area contributed by atoms with Crippen LogP contribution in [0.4, 0.5) is 5.69 Å². The fourth-order valence-electron chi connectivity index (χ4n) is 3.71. The maximum absolute atomic E-state index is 13.3. The largest absolute Gasteiger partial charge is 0.379 e. The molecule has 3 aromatic rings. The summed E-state index contributed by atoms with van der Waals surface area (Å²) in [6.45, 7) is 9.70. The van der Waals surface area contributed by atoms with Crippen molar-refractivity contribution < 1.29 is 17.4 Å². The van der Waals surface area contributed by atoms with E-state index in [-0.39, 0.29) is 39.2 Å². The molecule has 36 heavy (non-hydrogen) atoms. The lowest BCUT2D eigenvalue weighted by atomic mass is 10.1. The number of amides is 1. The average Bonchev–Trinajstić information content (AvgIpc) is 3.40. The van der Waals surface area contributed by atoms with Crippen molar-refractivity contribution in [2.24, 2.45) is 0 Å². The molecule has 0 fully saturated rings. The topological polar surface area (TPSA) is 66.9 Å². The third-order valence-corrected chi connectivity index (χ3v) is 8.84. The molecule has 0 aliphatic heterocycles. The Bertz CT molecular complexity index is 1290. The second-order valence-corrected chi connectivity index (χ2v) is 11.6. The fourth-order valence-corrected chi connectivity index (χ4v) is 5.74. The maximum atomic E-state index is 13.3. The highest BCUT2D eigenvalue weighted by molar-refractivity contribution is 7.87. The molecule has 0 saturated carbocycles. The summed E-state index contributed by atoms with van der Waals surface area (Å²) in [5.74, 6) is 0.0585. The van der Waals surface area contributed by atoms with Crippen LogP contribution in [0.1, 0.15) is 49.4 Å². The molecule has 0 N–H and O–H groups in total. The Kier molecular flexibility index (Phi) is 9.69. The SMILES string of the molecule is CC[C@@H](C)N(Cc1ccc(N(CC)CC)cc1OS(=O)(=O)c1ccc(Cl)c(Cl)c1)C(=O)c1cccs1. The van der Waals surface area contributed by atoms with Gasteiger partial charge in [-0.15, -0.1) is 11.3 Å². The van der Waals surface area contributed by atoms with Crippen LogP contribution in [0.2, 0.25) is 10.0 Å². The zero-order chi connectivity index (χ0) is 26.5. The van der Waals surface area contributed by atoms with E-state index in [4.69, 9.17) is 27.4 Å². The molecule has 0 saturated heterocycles. The average molecular weight is 570 g/mol. The van der Waals surface area contributed by atoms with Crippen molar-refractivity contribution in [2.75, 3.05) is 18.0 Å². The molecule has 2 aromatic carbocycles. The number of carbonyl (C=O) groups is 1. The van der Waals surface area contributed by atoms with Crippen LogP contribution in [0.3, 0.4) is 0 Å². The summed E-state index contributed by atoms with van der Waals surface area (Å²) in [4.78, 5) is 17.7. The summed E-state index contributed by atoms with van der Waals surface area (Å²) in [6.07, 6.45) is 0.742. The highest BCUT2D eigenvalue weighted by Gasteiger charge is 2.26. The zero-order valence-electron chi connectivity index (χ0n) is 20.7. The van der Waals surface area contributed by atoms with Gasteiger partial charge in [-0.3, -0.25) is 4.79 Å². The number of halogens is 2. The third kappa shape index (κ3) is 6.54. The van der Waals surface area contributed by atoms with E-state index in [1.165, 1.54) is 29.5 Å². The Hall–Kier alpha value is -2.26. The van der Waals surface area contributed by atoms with Gasteiger partial charge in [0.25, 0.3) is 5.91 Å². The van der Waals surface area contributed by atoms with Crippen molar-refractivity contribution in [3.8, 4) is 5.75 Å². The van der Waals surface area contributed by atoms with Gasteiger partial charge in [0.1, 0.15) is 10.6 Å². The van der Waals surface area contributed by atoms with Gasteiger partial charge in [0.05, 0.1) is 14.9 Å². The number of rotatable bonds is 11. The van der Waals surface area contributed by atoms with Crippen molar-refractivity contribution in [2.45, 2.75) is 51.6 Å². The lowest BCUT2D eigenvalue weighted by molar-refractivity contribution is 0.0676. The fraction of sp³-hybridized carbons (Fsp3) is 0.346. The van der Waals surface area contributed by atoms with Crippen LogP contribution in [-0.4, -0.2) is 38.4 Å². The zero-order valence-corrected chi connectivity index (χ0v) is 23.8. The Morgan fingerprint density at radius 3 is 2.33 bits per heavy atom. The predicted octanol–water partition coefficient (Wildman–Crippen LogP) is 7.11. The Morgan fingerprint density at radius 2 is 1.75 bits per heavy atom. The van der Waals surface area contributed by atoms with Gasteiger partial charge < -0.3 is 14.0 Å². The second-order valence-electron chi connectivity index (χ2n) is 8.25. The smallest absolute Gasteiger partial charge is 0.339 e. The summed E-state index contributed by atoms with van der Waals surface area (Å²) >= 11 is 13.4. The van der Waals surface area contributed by atoms with E-state index >= 15 is 0 Å². The summed E-state index contributed by atoms with van der Waals surface area (Å²) in [7, 11) is -4.22. The van der Waals surface area contributed by atoms with E-state index in [1.807, 2.05) is 51.3 Å². The highest BCUT2D eigenvalue weighted by Crippen LogP contribution is 2.32. The van der Waals surface area contributed by atoms with Crippen molar-refractivity contribution in [3.05, 3.63) is 74.4 Å². The van der Waals surface area contributed by atoms with E-state index in [1.54, 1.807) is 17.0 Å². The summed E-state index contributed by atoms with van der Waals surface area (Å²) in [6, 6.07) is 13.0. The van der Waals surface area contributed by atoms with Crippen LogP contribution in [0, 0.1) is 0 Å². The summed E-state index contributed by atoms with van der Waals surface area (Å²) < 4.78 is 32.1. The number of anilines is 1. The van der Waals surface area contributed by atoms with Gasteiger partial charge in [-0.2, -0.15) is 8.42 Å². The number of hydrogen-bond donors (Lipinski definition) is 0. The number of hydrogen-bond acceptors (Lipinski definition) is 6. The number of carbonyl (C=O) groups excluding carboxylic acids is 1.